The number of methoxy groups -OCH3 is 1. The van der Waals surface area contributed by atoms with Gasteiger partial charge in [0.15, 0.2) is 0 Å². The molecule has 0 bridgehead atoms. The van der Waals surface area contributed by atoms with Gasteiger partial charge in [0.2, 0.25) is 0 Å². The maximum atomic E-state index is 5.33. The fourth-order valence-electron chi connectivity index (χ4n) is 1.64. The highest BCUT2D eigenvalue weighted by Gasteiger charge is 2.05. The molecule has 0 atom stereocenters. The van der Waals surface area contributed by atoms with E-state index >= 15 is 0 Å². The van der Waals surface area contributed by atoms with Gasteiger partial charge >= 0.3 is 0 Å². The summed E-state index contributed by atoms with van der Waals surface area (Å²) in [6.07, 6.45) is 4.24. The maximum absolute atomic E-state index is 5.33. The van der Waals surface area contributed by atoms with Crippen molar-refractivity contribution >= 4 is 0 Å². The van der Waals surface area contributed by atoms with Gasteiger partial charge in [0.1, 0.15) is 5.75 Å². The number of aryl methyl sites for hydroxylation is 2. The van der Waals surface area contributed by atoms with Gasteiger partial charge in [-0.15, -0.1) is 0 Å². The number of benzene rings is 1. The molecule has 2 nitrogen and oxygen atoms in total. The van der Waals surface area contributed by atoms with Crippen molar-refractivity contribution in [3.63, 3.8) is 0 Å². The smallest absolute Gasteiger partial charge is 0.142 e. The Morgan fingerprint density at radius 1 is 1.00 bits per heavy atom. The summed E-state index contributed by atoms with van der Waals surface area (Å²) in [6, 6.07) is 8.02. The van der Waals surface area contributed by atoms with Gasteiger partial charge in [-0.3, -0.25) is 0 Å². The summed E-state index contributed by atoms with van der Waals surface area (Å²) in [7, 11) is 1.70. The summed E-state index contributed by atoms with van der Waals surface area (Å²) in [5.41, 5.74) is 3.66. The largest absolute Gasteiger partial charge is 0.495 e. The molecule has 2 rings (SSSR count). The molecule has 0 aliphatic heterocycles. The number of rotatable bonds is 2. The highest BCUT2D eigenvalue weighted by Crippen LogP contribution is 2.23. The van der Waals surface area contributed by atoms with Crippen LogP contribution in [0.25, 0.3) is 5.69 Å². The standard InChI is InChI=1S/C13H15NO/c1-10-8-14(9-11(10)2)12-6-4-5-7-13(12)15-3/h4-9H,1-3H3. The topological polar surface area (TPSA) is 14.2 Å². The molecule has 2 aromatic rings. The van der Waals surface area contributed by atoms with Crippen molar-refractivity contribution in [1.82, 2.24) is 4.57 Å². The molecule has 78 valence electrons. The van der Waals surface area contributed by atoms with Crippen LogP contribution >= 0.6 is 0 Å². The Labute approximate surface area is 90.1 Å². The number of hydrogen-bond donors (Lipinski definition) is 0. The highest BCUT2D eigenvalue weighted by atomic mass is 16.5. The number of hydrogen-bond acceptors (Lipinski definition) is 1. The van der Waals surface area contributed by atoms with E-state index in [-0.39, 0.29) is 0 Å². The number of aromatic nitrogens is 1. The molecule has 0 unspecified atom stereocenters. The summed E-state index contributed by atoms with van der Waals surface area (Å²) in [6.45, 7) is 4.22. The Bertz CT molecular complexity index is 452. The third-order valence-electron chi connectivity index (χ3n) is 2.65. The molecule has 0 aliphatic carbocycles. The molecule has 1 heterocycles. The Hall–Kier alpha value is -1.70. The van der Waals surface area contributed by atoms with E-state index in [0.29, 0.717) is 0 Å². The van der Waals surface area contributed by atoms with Gasteiger partial charge in [-0.1, -0.05) is 12.1 Å². The minimum atomic E-state index is 0.896. The van der Waals surface area contributed by atoms with Crippen molar-refractivity contribution in [2.45, 2.75) is 13.8 Å². The second-order valence-electron chi connectivity index (χ2n) is 3.70. The second-order valence-corrected chi connectivity index (χ2v) is 3.70. The predicted molar refractivity (Wildman–Crippen MR) is 61.8 cm³/mol. The molecule has 0 fully saturated rings. The van der Waals surface area contributed by atoms with Crippen molar-refractivity contribution in [2.24, 2.45) is 0 Å². The predicted octanol–water partition coefficient (Wildman–Crippen LogP) is 3.10. The maximum Gasteiger partial charge on any atom is 0.142 e. The molecule has 0 amide bonds. The van der Waals surface area contributed by atoms with E-state index in [1.807, 2.05) is 18.2 Å². The number of nitrogens with zero attached hydrogens (tertiary/aromatic N) is 1. The molecule has 1 aromatic heterocycles. The third-order valence-corrected chi connectivity index (χ3v) is 2.65. The van der Waals surface area contributed by atoms with Crippen LogP contribution in [0.1, 0.15) is 11.1 Å². The van der Waals surface area contributed by atoms with E-state index in [1.165, 1.54) is 11.1 Å². The van der Waals surface area contributed by atoms with Gasteiger partial charge in [-0.25, -0.2) is 0 Å². The van der Waals surface area contributed by atoms with Gasteiger partial charge in [-0.05, 0) is 37.1 Å². The monoisotopic (exact) mass is 201 g/mol. The Morgan fingerprint density at radius 2 is 1.60 bits per heavy atom. The lowest BCUT2D eigenvalue weighted by Crippen LogP contribution is -1.94. The zero-order chi connectivity index (χ0) is 10.8. The van der Waals surface area contributed by atoms with E-state index in [2.05, 4.69) is 36.9 Å². The van der Waals surface area contributed by atoms with Gasteiger partial charge < -0.3 is 9.30 Å². The lowest BCUT2D eigenvalue weighted by atomic mass is 10.2. The SMILES string of the molecule is COc1ccccc1-n1cc(C)c(C)c1. The molecule has 0 spiro atoms. The fourth-order valence-corrected chi connectivity index (χ4v) is 1.64. The lowest BCUT2D eigenvalue weighted by Gasteiger charge is -2.08. The first kappa shape index (κ1) is 9.84. The summed E-state index contributed by atoms with van der Waals surface area (Å²) < 4.78 is 7.43. The van der Waals surface area contributed by atoms with Crippen LogP contribution in [0.4, 0.5) is 0 Å². The Kier molecular flexibility index (Phi) is 2.50. The molecule has 0 saturated heterocycles. The molecule has 2 heteroatoms. The molecular weight excluding hydrogens is 186 g/mol. The highest BCUT2D eigenvalue weighted by molar-refractivity contribution is 5.48. The van der Waals surface area contributed by atoms with Gasteiger partial charge in [0.25, 0.3) is 0 Å². The van der Waals surface area contributed by atoms with Crippen LogP contribution in [0.3, 0.4) is 0 Å². The van der Waals surface area contributed by atoms with Crippen molar-refractivity contribution in [3.8, 4) is 11.4 Å². The van der Waals surface area contributed by atoms with E-state index < -0.39 is 0 Å². The minimum absolute atomic E-state index is 0.896. The average molecular weight is 201 g/mol. The van der Waals surface area contributed by atoms with Crippen LogP contribution in [0.5, 0.6) is 5.75 Å². The van der Waals surface area contributed by atoms with E-state index in [9.17, 15) is 0 Å². The fraction of sp³-hybridized carbons (Fsp3) is 0.231. The molecule has 1 aromatic carbocycles. The van der Waals surface area contributed by atoms with Crippen molar-refractivity contribution in [2.75, 3.05) is 7.11 Å². The van der Waals surface area contributed by atoms with Gasteiger partial charge in [-0.2, -0.15) is 0 Å². The van der Waals surface area contributed by atoms with Crippen LogP contribution in [0, 0.1) is 13.8 Å². The first-order valence-corrected chi connectivity index (χ1v) is 5.01. The van der Waals surface area contributed by atoms with E-state index in [4.69, 9.17) is 4.74 Å². The van der Waals surface area contributed by atoms with Crippen LogP contribution < -0.4 is 4.74 Å². The molecule has 0 radical (unpaired) electrons. The van der Waals surface area contributed by atoms with E-state index in [1.54, 1.807) is 7.11 Å². The molecular formula is C13H15NO. The summed E-state index contributed by atoms with van der Waals surface area (Å²) in [4.78, 5) is 0. The minimum Gasteiger partial charge on any atom is -0.495 e. The lowest BCUT2D eigenvalue weighted by molar-refractivity contribution is 0.413. The zero-order valence-electron chi connectivity index (χ0n) is 9.32. The van der Waals surface area contributed by atoms with E-state index in [0.717, 1.165) is 11.4 Å². The number of para-hydroxylation sites is 2. The third kappa shape index (κ3) is 1.75. The van der Waals surface area contributed by atoms with Crippen LogP contribution in [0.15, 0.2) is 36.7 Å². The van der Waals surface area contributed by atoms with Crippen molar-refractivity contribution in [3.05, 3.63) is 47.8 Å². The quantitative estimate of drug-likeness (QED) is 0.728. The summed E-state index contributed by atoms with van der Waals surface area (Å²) >= 11 is 0. The first-order chi connectivity index (χ1) is 7.22. The van der Waals surface area contributed by atoms with Crippen LogP contribution in [-0.2, 0) is 0 Å². The van der Waals surface area contributed by atoms with Gasteiger partial charge in [0, 0.05) is 12.4 Å². The first-order valence-electron chi connectivity index (χ1n) is 5.01. The van der Waals surface area contributed by atoms with Gasteiger partial charge in [0.05, 0.1) is 12.8 Å². The van der Waals surface area contributed by atoms with Crippen LogP contribution in [-0.4, -0.2) is 11.7 Å². The molecule has 15 heavy (non-hydrogen) atoms. The summed E-state index contributed by atoms with van der Waals surface area (Å²) in [5.74, 6) is 0.896. The Balaban J connectivity index is 2.53. The summed E-state index contributed by atoms with van der Waals surface area (Å²) in [5, 5.41) is 0. The molecule has 0 N–H and O–H groups in total. The Morgan fingerprint density at radius 3 is 2.20 bits per heavy atom. The number of ether oxygens (including phenoxy) is 1. The van der Waals surface area contributed by atoms with Crippen molar-refractivity contribution in [1.29, 1.82) is 0 Å². The van der Waals surface area contributed by atoms with Crippen molar-refractivity contribution < 1.29 is 4.74 Å². The second kappa shape index (κ2) is 3.81. The average Bonchev–Trinajstić information content (AvgIpc) is 2.59. The molecule has 0 aliphatic rings. The molecule has 0 saturated carbocycles. The van der Waals surface area contributed by atoms with Crippen LogP contribution in [0.2, 0.25) is 0 Å². The normalized spacial score (nSPS) is 10.3. The zero-order valence-corrected chi connectivity index (χ0v) is 9.32.